The third-order valence-corrected chi connectivity index (χ3v) is 2.94. The predicted octanol–water partition coefficient (Wildman–Crippen LogP) is 3.41. The topological polar surface area (TPSA) is 55.8 Å². The SMILES string of the molecule is COc1cc(C(C)C)c(OCC(=O)O)c(C(C)C)c1. The van der Waals surface area contributed by atoms with Crippen molar-refractivity contribution < 1.29 is 19.4 Å². The van der Waals surface area contributed by atoms with Gasteiger partial charge in [0.25, 0.3) is 0 Å². The lowest BCUT2D eigenvalue weighted by molar-refractivity contribution is -0.139. The summed E-state index contributed by atoms with van der Waals surface area (Å²) in [4.78, 5) is 10.7. The molecule has 1 rings (SSSR count). The van der Waals surface area contributed by atoms with Crippen LogP contribution in [0.4, 0.5) is 0 Å². The van der Waals surface area contributed by atoms with E-state index < -0.39 is 5.97 Å². The summed E-state index contributed by atoms with van der Waals surface area (Å²) in [7, 11) is 1.63. The first-order chi connectivity index (χ1) is 8.86. The van der Waals surface area contributed by atoms with Crippen molar-refractivity contribution in [3.63, 3.8) is 0 Å². The van der Waals surface area contributed by atoms with Crippen LogP contribution in [0.5, 0.6) is 11.5 Å². The van der Waals surface area contributed by atoms with Crippen molar-refractivity contribution in [3.8, 4) is 11.5 Å². The van der Waals surface area contributed by atoms with Gasteiger partial charge in [-0.25, -0.2) is 4.79 Å². The van der Waals surface area contributed by atoms with E-state index in [-0.39, 0.29) is 18.4 Å². The van der Waals surface area contributed by atoms with Crippen molar-refractivity contribution in [3.05, 3.63) is 23.3 Å². The largest absolute Gasteiger partial charge is 0.497 e. The minimum atomic E-state index is -0.972. The van der Waals surface area contributed by atoms with Gasteiger partial charge in [0.1, 0.15) is 11.5 Å². The van der Waals surface area contributed by atoms with Crippen LogP contribution in [0, 0.1) is 0 Å². The Kier molecular flexibility index (Phi) is 5.21. The van der Waals surface area contributed by atoms with E-state index in [0.717, 1.165) is 16.9 Å². The molecule has 0 aliphatic heterocycles. The first kappa shape index (κ1) is 15.3. The van der Waals surface area contributed by atoms with Crippen molar-refractivity contribution in [2.75, 3.05) is 13.7 Å². The number of carboxylic acid groups (broad SMARTS) is 1. The molecule has 0 unspecified atom stereocenters. The molecule has 0 aromatic heterocycles. The Morgan fingerprint density at radius 3 is 1.95 bits per heavy atom. The van der Waals surface area contributed by atoms with E-state index in [0.29, 0.717) is 5.75 Å². The predicted molar refractivity (Wildman–Crippen MR) is 74.3 cm³/mol. The molecule has 106 valence electrons. The minimum Gasteiger partial charge on any atom is -0.497 e. The number of hydrogen-bond donors (Lipinski definition) is 1. The fraction of sp³-hybridized carbons (Fsp3) is 0.533. The summed E-state index contributed by atoms with van der Waals surface area (Å²) in [6, 6.07) is 3.82. The summed E-state index contributed by atoms with van der Waals surface area (Å²) >= 11 is 0. The number of methoxy groups -OCH3 is 1. The number of carbonyl (C=O) groups is 1. The van der Waals surface area contributed by atoms with E-state index in [1.165, 1.54) is 0 Å². The van der Waals surface area contributed by atoms with Crippen molar-refractivity contribution in [2.24, 2.45) is 0 Å². The number of aliphatic carboxylic acids is 1. The Hall–Kier alpha value is -1.71. The van der Waals surface area contributed by atoms with Crippen LogP contribution < -0.4 is 9.47 Å². The first-order valence-electron chi connectivity index (χ1n) is 6.43. The van der Waals surface area contributed by atoms with Gasteiger partial charge >= 0.3 is 5.97 Å². The molecule has 1 aromatic carbocycles. The van der Waals surface area contributed by atoms with E-state index in [4.69, 9.17) is 14.6 Å². The lowest BCUT2D eigenvalue weighted by Gasteiger charge is -2.20. The molecule has 4 nitrogen and oxygen atoms in total. The molecule has 0 radical (unpaired) electrons. The molecule has 0 amide bonds. The molecule has 0 heterocycles. The van der Waals surface area contributed by atoms with Crippen molar-refractivity contribution in [2.45, 2.75) is 39.5 Å². The maximum Gasteiger partial charge on any atom is 0.341 e. The monoisotopic (exact) mass is 266 g/mol. The number of benzene rings is 1. The van der Waals surface area contributed by atoms with Crippen molar-refractivity contribution in [1.82, 2.24) is 0 Å². The summed E-state index contributed by atoms with van der Waals surface area (Å²) in [5.41, 5.74) is 1.95. The molecular formula is C15H22O4. The Morgan fingerprint density at radius 1 is 1.16 bits per heavy atom. The van der Waals surface area contributed by atoms with Gasteiger partial charge in [0.2, 0.25) is 0 Å². The lowest BCUT2D eigenvalue weighted by atomic mass is 9.93. The highest BCUT2D eigenvalue weighted by molar-refractivity contribution is 5.68. The van der Waals surface area contributed by atoms with E-state index in [9.17, 15) is 4.79 Å². The maximum absolute atomic E-state index is 10.7. The summed E-state index contributed by atoms with van der Waals surface area (Å²) in [5, 5.41) is 8.78. The minimum absolute atomic E-state index is 0.233. The van der Waals surface area contributed by atoms with E-state index in [1.807, 2.05) is 39.8 Å². The molecule has 1 N–H and O–H groups in total. The van der Waals surface area contributed by atoms with Gasteiger partial charge in [0.05, 0.1) is 7.11 Å². The molecule has 0 atom stereocenters. The molecule has 4 heteroatoms. The van der Waals surface area contributed by atoms with Gasteiger partial charge in [-0.2, -0.15) is 0 Å². The second-order valence-corrected chi connectivity index (χ2v) is 5.13. The highest BCUT2D eigenvalue weighted by Crippen LogP contribution is 2.38. The Labute approximate surface area is 114 Å². The molecule has 0 bridgehead atoms. The van der Waals surface area contributed by atoms with Crippen LogP contribution in [0.1, 0.15) is 50.7 Å². The second kappa shape index (κ2) is 6.45. The van der Waals surface area contributed by atoms with Gasteiger partial charge in [0, 0.05) is 11.1 Å². The third-order valence-electron chi connectivity index (χ3n) is 2.94. The summed E-state index contributed by atoms with van der Waals surface area (Å²) in [5.74, 6) is 0.941. The van der Waals surface area contributed by atoms with Crippen LogP contribution >= 0.6 is 0 Å². The quantitative estimate of drug-likeness (QED) is 0.857. The van der Waals surface area contributed by atoms with Crippen LogP contribution in [0.3, 0.4) is 0 Å². The lowest BCUT2D eigenvalue weighted by Crippen LogP contribution is -2.13. The second-order valence-electron chi connectivity index (χ2n) is 5.13. The molecule has 0 aliphatic carbocycles. The zero-order valence-corrected chi connectivity index (χ0v) is 12.2. The van der Waals surface area contributed by atoms with E-state index in [1.54, 1.807) is 7.11 Å². The molecule has 0 spiro atoms. The van der Waals surface area contributed by atoms with Crippen molar-refractivity contribution in [1.29, 1.82) is 0 Å². The average Bonchev–Trinajstić information content (AvgIpc) is 2.34. The molecule has 0 saturated carbocycles. The summed E-state index contributed by atoms with van der Waals surface area (Å²) < 4.78 is 10.8. The highest BCUT2D eigenvalue weighted by Gasteiger charge is 2.18. The van der Waals surface area contributed by atoms with Crippen LogP contribution in [0.2, 0.25) is 0 Å². The molecule has 0 aliphatic rings. The van der Waals surface area contributed by atoms with Crippen LogP contribution in [-0.2, 0) is 4.79 Å². The van der Waals surface area contributed by atoms with E-state index in [2.05, 4.69) is 0 Å². The first-order valence-corrected chi connectivity index (χ1v) is 6.43. The van der Waals surface area contributed by atoms with Crippen LogP contribution in [0.25, 0.3) is 0 Å². The van der Waals surface area contributed by atoms with Gasteiger partial charge in [-0.05, 0) is 24.0 Å². The van der Waals surface area contributed by atoms with Gasteiger partial charge in [-0.3, -0.25) is 0 Å². The normalized spacial score (nSPS) is 10.9. The van der Waals surface area contributed by atoms with Gasteiger partial charge in [-0.1, -0.05) is 27.7 Å². The molecule has 1 aromatic rings. The number of hydrogen-bond acceptors (Lipinski definition) is 3. The zero-order valence-electron chi connectivity index (χ0n) is 12.2. The summed E-state index contributed by atoms with van der Waals surface area (Å²) in [6.45, 7) is 7.86. The number of carboxylic acids is 1. The molecule has 0 fully saturated rings. The standard InChI is InChI=1S/C15H22O4/c1-9(2)12-6-11(18-5)7-13(10(3)4)15(12)19-8-14(16)17/h6-7,9-10H,8H2,1-5H3,(H,16,17). The average molecular weight is 266 g/mol. The fourth-order valence-corrected chi connectivity index (χ4v) is 1.92. The summed E-state index contributed by atoms with van der Waals surface area (Å²) in [6.07, 6.45) is 0. The highest BCUT2D eigenvalue weighted by atomic mass is 16.5. The number of ether oxygens (including phenoxy) is 2. The fourth-order valence-electron chi connectivity index (χ4n) is 1.92. The smallest absolute Gasteiger partial charge is 0.341 e. The van der Waals surface area contributed by atoms with Crippen molar-refractivity contribution >= 4 is 5.97 Å². The van der Waals surface area contributed by atoms with Crippen LogP contribution in [0.15, 0.2) is 12.1 Å². The number of rotatable bonds is 6. The van der Waals surface area contributed by atoms with E-state index >= 15 is 0 Å². The van der Waals surface area contributed by atoms with Gasteiger partial charge < -0.3 is 14.6 Å². The van der Waals surface area contributed by atoms with Gasteiger partial charge in [0.15, 0.2) is 6.61 Å². The third kappa shape index (κ3) is 3.88. The maximum atomic E-state index is 10.7. The molecule has 19 heavy (non-hydrogen) atoms. The Bertz CT molecular complexity index is 420. The molecular weight excluding hydrogens is 244 g/mol. The van der Waals surface area contributed by atoms with Crippen LogP contribution in [-0.4, -0.2) is 24.8 Å². The molecule has 0 saturated heterocycles. The zero-order chi connectivity index (χ0) is 14.6. The Morgan fingerprint density at radius 2 is 1.63 bits per heavy atom. The Balaban J connectivity index is 3.31. The van der Waals surface area contributed by atoms with Gasteiger partial charge in [-0.15, -0.1) is 0 Å².